The van der Waals surface area contributed by atoms with E-state index in [2.05, 4.69) is 5.32 Å². The van der Waals surface area contributed by atoms with Gasteiger partial charge in [0.1, 0.15) is 0 Å². The van der Waals surface area contributed by atoms with Crippen molar-refractivity contribution in [1.29, 1.82) is 0 Å². The molecule has 4 heteroatoms. The van der Waals surface area contributed by atoms with Crippen LogP contribution in [-0.2, 0) is 6.54 Å². The minimum absolute atomic E-state index is 0.211. The van der Waals surface area contributed by atoms with Gasteiger partial charge in [-0.1, -0.05) is 12.1 Å². The predicted octanol–water partition coefficient (Wildman–Crippen LogP) is 2.94. The highest BCUT2D eigenvalue weighted by Crippen LogP contribution is 2.20. The smallest absolute Gasteiger partial charge is 0.169 e. The lowest BCUT2D eigenvalue weighted by molar-refractivity contribution is 0.378. The van der Waals surface area contributed by atoms with Crippen LogP contribution in [0.1, 0.15) is 19.4 Å². The summed E-state index contributed by atoms with van der Waals surface area (Å²) in [6.45, 7) is 4.37. The van der Waals surface area contributed by atoms with Crippen LogP contribution in [0.2, 0.25) is 0 Å². The first-order chi connectivity index (χ1) is 7.50. The molecule has 0 aliphatic heterocycles. The van der Waals surface area contributed by atoms with E-state index in [1.807, 2.05) is 13.8 Å². The predicted molar refractivity (Wildman–Crippen MR) is 64.6 cm³/mol. The first-order valence-corrected chi connectivity index (χ1v) is 5.66. The third kappa shape index (κ3) is 3.35. The summed E-state index contributed by atoms with van der Waals surface area (Å²) in [6, 6.07) is 5.10. The number of nitrogens with one attached hydrogen (secondary N) is 1. The Balaban J connectivity index is 2.75. The molecule has 0 saturated carbocycles. The Bertz CT molecular complexity index is 355. The fourth-order valence-corrected chi connectivity index (χ4v) is 1.33. The van der Waals surface area contributed by atoms with Crippen molar-refractivity contribution in [3.8, 4) is 5.75 Å². The summed E-state index contributed by atoms with van der Waals surface area (Å²) in [5.41, 5.74) is 0.370. The van der Waals surface area contributed by atoms with Crippen molar-refractivity contribution < 1.29 is 9.13 Å². The largest absolute Gasteiger partial charge is 0.494 e. The van der Waals surface area contributed by atoms with E-state index < -0.39 is 0 Å². The Morgan fingerprint density at radius 3 is 2.69 bits per heavy atom. The number of alkyl halides is 1. The quantitative estimate of drug-likeness (QED) is 0.806. The normalized spacial score (nSPS) is 11.6. The van der Waals surface area contributed by atoms with Gasteiger partial charge in [-0.05, 0) is 19.9 Å². The summed E-state index contributed by atoms with van der Waals surface area (Å²) in [5.74, 6) is 0.421. The van der Waals surface area contributed by atoms with E-state index in [1.165, 1.54) is 7.11 Å². The molecule has 0 aliphatic rings. The zero-order valence-electron chi connectivity index (χ0n) is 9.81. The van der Waals surface area contributed by atoms with Gasteiger partial charge in [0.05, 0.1) is 7.11 Å². The van der Waals surface area contributed by atoms with Crippen LogP contribution in [-0.4, -0.2) is 18.5 Å². The van der Waals surface area contributed by atoms with Crippen LogP contribution >= 0.6 is 11.6 Å². The van der Waals surface area contributed by atoms with Gasteiger partial charge in [0.2, 0.25) is 0 Å². The van der Waals surface area contributed by atoms with E-state index >= 15 is 0 Å². The maximum atomic E-state index is 13.8. The lowest BCUT2D eigenvalue weighted by Gasteiger charge is -2.23. The topological polar surface area (TPSA) is 21.3 Å². The number of benzene rings is 1. The molecule has 0 aliphatic carbocycles. The van der Waals surface area contributed by atoms with Crippen LogP contribution in [0, 0.1) is 5.82 Å². The molecule has 0 aromatic heterocycles. The van der Waals surface area contributed by atoms with E-state index in [0.29, 0.717) is 18.0 Å². The first kappa shape index (κ1) is 13.3. The Kier molecular flexibility index (Phi) is 4.56. The van der Waals surface area contributed by atoms with Crippen molar-refractivity contribution in [1.82, 2.24) is 5.32 Å². The van der Waals surface area contributed by atoms with Crippen LogP contribution < -0.4 is 10.1 Å². The molecule has 1 aromatic carbocycles. The molecule has 0 spiro atoms. The molecule has 0 atom stereocenters. The van der Waals surface area contributed by atoms with Crippen LogP contribution in [0.15, 0.2) is 18.2 Å². The SMILES string of the molecule is COc1cccc(CNC(C)(C)CCl)c1F. The first-order valence-electron chi connectivity index (χ1n) is 5.12. The van der Waals surface area contributed by atoms with Crippen LogP contribution in [0.25, 0.3) is 0 Å². The average molecular weight is 246 g/mol. The molecule has 0 radical (unpaired) electrons. The fourth-order valence-electron chi connectivity index (χ4n) is 1.23. The third-order valence-electron chi connectivity index (χ3n) is 2.35. The Labute approximate surface area is 101 Å². The summed E-state index contributed by atoms with van der Waals surface area (Å²) >= 11 is 5.78. The molecule has 0 bridgehead atoms. The molecule has 2 nitrogen and oxygen atoms in total. The van der Waals surface area contributed by atoms with E-state index in [0.717, 1.165) is 0 Å². The summed E-state index contributed by atoms with van der Waals surface area (Å²) in [7, 11) is 1.46. The highest BCUT2D eigenvalue weighted by molar-refractivity contribution is 6.18. The molecule has 0 heterocycles. The lowest BCUT2D eigenvalue weighted by atomic mass is 10.1. The van der Waals surface area contributed by atoms with Crippen molar-refractivity contribution in [3.05, 3.63) is 29.6 Å². The Hall–Kier alpha value is -0.800. The van der Waals surface area contributed by atoms with Gasteiger partial charge < -0.3 is 10.1 Å². The Morgan fingerprint density at radius 2 is 2.12 bits per heavy atom. The van der Waals surface area contributed by atoms with Gasteiger partial charge in [0, 0.05) is 23.5 Å². The minimum atomic E-state index is -0.317. The van der Waals surface area contributed by atoms with E-state index in [4.69, 9.17) is 16.3 Å². The molecule has 16 heavy (non-hydrogen) atoms. The highest BCUT2D eigenvalue weighted by Gasteiger charge is 2.16. The summed E-state index contributed by atoms with van der Waals surface area (Å²) in [6.07, 6.45) is 0. The van der Waals surface area contributed by atoms with Crippen molar-refractivity contribution >= 4 is 11.6 Å². The summed E-state index contributed by atoms with van der Waals surface area (Å²) in [4.78, 5) is 0. The number of halogens is 2. The van der Waals surface area contributed by atoms with Gasteiger partial charge >= 0.3 is 0 Å². The number of hydrogen-bond acceptors (Lipinski definition) is 2. The van der Waals surface area contributed by atoms with E-state index in [1.54, 1.807) is 18.2 Å². The second-order valence-corrected chi connectivity index (χ2v) is 4.57. The van der Waals surface area contributed by atoms with Crippen molar-refractivity contribution in [2.45, 2.75) is 25.9 Å². The number of rotatable bonds is 5. The van der Waals surface area contributed by atoms with Crippen molar-refractivity contribution in [2.24, 2.45) is 0 Å². The lowest BCUT2D eigenvalue weighted by Crippen LogP contribution is -2.40. The molecule has 1 rings (SSSR count). The van der Waals surface area contributed by atoms with E-state index in [-0.39, 0.29) is 17.1 Å². The molecule has 1 aromatic rings. The Morgan fingerprint density at radius 1 is 1.44 bits per heavy atom. The molecule has 0 amide bonds. The summed E-state index contributed by atoms with van der Waals surface area (Å²) < 4.78 is 18.7. The van der Waals surface area contributed by atoms with Crippen molar-refractivity contribution in [2.75, 3.05) is 13.0 Å². The second kappa shape index (κ2) is 5.51. The molecule has 0 unspecified atom stereocenters. The standard InChI is InChI=1S/C12H17ClFNO/c1-12(2,8-13)15-7-9-5-4-6-10(16-3)11(9)14/h4-6,15H,7-8H2,1-3H3. The zero-order valence-corrected chi connectivity index (χ0v) is 10.6. The highest BCUT2D eigenvalue weighted by atomic mass is 35.5. The number of hydrogen-bond donors (Lipinski definition) is 1. The van der Waals surface area contributed by atoms with E-state index in [9.17, 15) is 4.39 Å². The third-order valence-corrected chi connectivity index (χ3v) is 3.02. The van der Waals surface area contributed by atoms with Crippen LogP contribution in [0.4, 0.5) is 4.39 Å². The second-order valence-electron chi connectivity index (χ2n) is 4.30. The van der Waals surface area contributed by atoms with Gasteiger partial charge in [-0.2, -0.15) is 0 Å². The van der Waals surface area contributed by atoms with Gasteiger partial charge in [-0.15, -0.1) is 11.6 Å². The number of methoxy groups -OCH3 is 1. The molecule has 1 N–H and O–H groups in total. The van der Waals surface area contributed by atoms with Crippen molar-refractivity contribution in [3.63, 3.8) is 0 Å². The molecular weight excluding hydrogens is 229 g/mol. The molecule has 0 fully saturated rings. The van der Waals surface area contributed by atoms with Gasteiger partial charge in [-0.3, -0.25) is 0 Å². The zero-order chi connectivity index (χ0) is 12.2. The fraction of sp³-hybridized carbons (Fsp3) is 0.500. The molecule has 90 valence electrons. The average Bonchev–Trinajstić information content (AvgIpc) is 2.28. The monoisotopic (exact) mass is 245 g/mol. The minimum Gasteiger partial charge on any atom is -0.494 e. The van der Waals surface area contributed by atoms with Gasteiger partial charge in [0.15, 0.2) is 11.6 Å². The molecular formula is C12H17ClFNO. The maximum Gasteiger partial charge on any atom is 0.169 e. The van der Waals surface area contributed by atoms with Gasteiger partial charge in [0.25, 0.3) is 0 Å². The maximum absolute atomic E-state index is 13.8. The number of ether oxygens (including phenoxy) is 1. The summed E-state index contributed by atoms with van der Waals surface area (Å²) in [5, 5.41) is 3.19. The van der Waals surface area contributed by atoms with Crippen LogP contribution in [0.3, 0.4) is 0 Å². The van der Waals surface area contributed by atoms with Crippen LogP contribution in [0.5, 0.6) is 5.75 Å². The van der Waals surface area contributed by atoms with Gasteiger partial charge in [-0.25, -0.2) is 4.39 Å². The molecule has 0 saturated heterocycles.